The van der Waals surface area contributed by atoms with Gasteiger partial charge < -0.3 is 10.5 Å². The Balaban J connectivity index is 1.79. The van der Waals surface area contributed by atoms with E-state index in [1.54, 1.807) is 11.3 Å². The van der Waals surface area contributed by atoms with Crippen LogP contribution in [-0.2, 0) is 0 Å². The van der Waals surface area contributed by atoms with Gasteiger partial charge in [-0.25, -0.2) is 0 Å². The summed E-state index contributed by atoms with van der Waals surface area (Å²) in [7, 11) is 0. The molecule has 21 heavy (non-hydrogen) atoms. The lowest BCUT2D eigenvalue weighted by atomic mass is 9.83. The van der Waals surface area contributed by atoms with Crippen LogP contribution in [0.5, 0.6) is 5.75 Å². The molecule has 0 radical (unpaired) electrons. The van der Waals surface area contributed by atoms with Gasteiger partial charge in [0.1, 0.15) is 5.75 Å². The van der Waals surface area contributed by atoms with Crippen molar-refractivity contribution >= 4 is 21.4 Å². The van der Waals surface area contributed by atoms with Crippen LogP contribution in [0.4, 0.5) is 0 Å². The quantitative estimate of drug-likeness (QED) is 0.757. The Hall–Kier alpha value is -1.84. The van der Waals surface area contributed by atoms with Crippen LogP contribution in [0.1, 0.15) is 29.5 Å². The predicted octanol–water partition coefficient (Wildman–Crippen LogP) is 4.47. The number of rotatable bonds is 2. The summed E-state index contributed by atoms with van der Waals surface area (Å²) in [6.07, 6.45) is 0.972. The number of fused-ring (bicyclic) bond motifs is 2. The SMILES string of the molecule is NC(c1cccc2ccsc12)C1CCOc2ccccc21. The van der Waals surface area contributed by atoms with Crippen LogP contribution < -0.4 is 10.5 Å². The topological polar surface area (TPSA) is 35.2 Å². The molecule has 0 fully saturated rings. The molecule has 3 aromatic rings. The van der Waals surface area contributed by atoms with Crippen molar-refractivity contribution in [3.05, 3.63) is 65.0 Å². The van der Waals surface area contributed by atoms with E-state index in [2.05, 4.69) is 41.8 Å². The van der Waals surface area contributed by atoms with Crippen molar-refractivity contribution in [3.63, 3.8) is 0 Å². The number of nitrogens with two attached hydrogens (primary N) is 1. The fourth-order valence-electron chi connectivity index (χ4n) is 3.24. The van der Waals surface area contributed by atoms with E-state index in [-0.39, 0.29) is 6.04 Å². The van der Waals surface area contributed by atoms with Crippen LogP contribution in [0.2, 0.25) is 0 Å². The highest BCUT2D eigenvalue weighted by molar-refractivity contribution is 7.17. The minimum absolute atomic E-state index is 0.0115. The third kappa shape index (κ3) is 2.13. The molecule has 1 aliphatic rings. The van der Waals surface area contributed by atoms with Gasteiger partial charge in [-0.15, -0.1) is 11.3 Å². The first-order valence-corrected chi connectivity index (χ1v) is 8.16. The number of hydrogen-bond donors (Lipinski definition) is 1. The van der Waals surface area contributed by atoms with Crippen molar-refractivity contribution in [3.8, 4) is 5.75 Å². The average Bonchev–Trinajstić information content (AvgIpc) is 3.02. The minimum atomic E-state index is 0.0115. The van der Waals surface area contributed by atoms with E-state index in [0.717, 1.165) is 18.8 Å². The molecule has 0 saturated heterocycles. The van der Waals surface area contributed by atoms with E-state index in [0.29, 0.717) is 5.92 Å². The molecule has 3 heteroatoms. The second kappa shape index (κ2) is 5.17. The third-order valence-corrected chi connectivity index (χ3v) is 5.29. The Morgan fingerprint density at radius 3 is 2.95 bits per heavy atom. The van der Waals surface area contributed by atoms with Crippen LogP contribution >= 0.6 is 11.3 Å². The maximum absolute atomic E-state index is 6.66. The summed E-state index contributed by atoms with van der Waals surface area (Å²) in [6.45, 7) is 0.746. The summed E-state index contributed by atoms with van der Waals surface area (Å²) in [5, 5.41) is 3.42. The molecule has 2 N–H and O–H groups in total. The summed E-state index contributed by atoms with van der Waals surface area (Å²) in [5.74, 6) is 1.31. The fourth-order valence-corrected chi connectivity index (χ4v) is 4.20. The first kappa shape index (κ1) is 12.9. The lowest BCUT2D eigenvalue weighted by molar-refractivity contribution is 0.256. The number of ether oxygens (including phenoxy) is 1. The molecule has 0 aliphatic carbocycles. The summed E-state index contributed by atoms with van der Waals surface area (Å²) in [4.78, 5) is 0. The third-order valence-electron chi connectivity index (χ3n) is 4.31. The van der Waals surface area contributed by atoms with Gasteiger partial charge >= 0.3 is 0 Å². The fraction of sp³-hybridized carbons (Fsp3) is 0.222. The molecule has 2 heterocycles. The number of benzene rings is 2. The number of para-hydroxylation sites is 1. The highest BCUT2D eigenvalue weighted by atomic mass is 32.1. The second-order valence-corrected chi connectivity index (χ2v) is 6.41. The largest absolute Gasteiger partial charge is 0.493 e. The van der Waals surface area contributed by atoms with Crippen molar-refractivity contribution in [2.75, 3.05) is 6.61 Å². The van der Waals surface area contributed by atoms with Crippen LogP contribution in [0.15, 0.2) is 53.9 Å². The minimum Gasteiger partial charge on any atom is -0.493 e. The predicted molar refractivity (Wildman–Crippen MR) is 88.0 cm³/mol. The Bertz CT molecular complexity index is 779. The Kier molecular flexibility index (Phi) is 3.17. The van der Waals surface area contributed by atoms with Gasteiger partial charge in [0.2, 0.25) is 0 Å². The average molecular weight is 295 g/mol. The molecule has 0 amide bonds. The van der Waals surface area contributed by atoms with Crippen LogP contribution in [0, 0.1) is 0 Å². The molecular weight excluding hydrogens is 278 g/mol. The molecule has 2 nitrogen and oxygen atoms in total. The highest BCUT2D eigenvalue weighted by Gasteiger charge is 2.28. The molecule has 1 aromatic heterocycles. The van der Waals surface area contributed by atoms with Gasteiger partial charge in [0.25, 0.3) is 0 Å². The van der Waals surface area contributed by atoms with E-state index in [1.165, 1.54) is 21.2 Å². The maximum Gasteiger partial charge on any atom is 0.122 e. The van der Waals surface area contributed by atoms with E-state index in [9.17, 15) is 0 Å². The van der Waals surface area contributed by atoms with Gasteiger partial charge in [-0.3, -0.25) is 0 Å². The van der Waals surface area contributed by atoms with E-state index in [1.807, 2.05) is 12.1 Å². The number of thiophene rings is 1. The van der Waals surface area contributed by atoms with Crippen molar-refractivity contribution in [2.45, 2.75) is 18.4 Å². The van der Waals surface area contributed by atoms with Crippen molar-refractivity contribution in [2.24, 2.45) is 5.73 Å². The van der Waals surface area contributed by atoms with Crippen LogP contribution in [0.3, 0.4) is 0 Å². The highest BCUT2D eigenvalue weighted by Crippen LogP contribution is 2.42. The van der Waals surface area contributed by atoms with Crippen LogP contribution in [0.25, 0.3) is 10.1 Å². The smallest absolute Gasteiger partial charge is 0.122 e. The second-order valence-electron chi connectivity index (χ2n) is 5.49. The summed E-state index contributed by atoms with van der Waals surface area (Å²) < 4.78 is 7.07. The van der Waals surface area contributed by atoms with E-state index >= 15 is 0 Å². The molecule has 106 valence electrons. The van der Waals surface area contributed by atoms with Gasteiger partial charge in [-0.05, 0) is 40.4 Å². The first-order chi connectivity index (χ1) is 10.3. The molecule has 0 spiro atoms. The zero-order valence-electron chi connectivity index (χ0n) is 11.7. The zero-order chi connectivity index (χ0) is 14.2. The monoisotopic (exact) mass is 295 g/mol. The normalized spacial score (nSPS) is 19.0. The Labute approximate surface area is 128 Å². The molecule has 2 unspecified atom stereocenters. The van der Waals surface area contributed by atoms with Gasteiger partial charge in [0, 0.05) is 16.7 Å². The molecule has 0 bridgehead atoms. The molecule has 1 aliphatic heterocycles. The molecular formula is C18H17NOS. The summed E-state index contributed by atoms with van der Waals surface area (Å²) >= 11 is 1.78. The lowest BCUT2D eigenvalue weighted by Crippen LogP contribution is -2.25. The van der Waals surface area contributed by atoms with E-state index in [4.69, 9.17) is 10.5 Å². The molecule has 4 rings (SSSR count). The van der Waals surface area contributed by atoms with Crippen LogP contribution in [-0.4, -0.2) is 6.61 Å². The van der Waals surface area contributed by atoms with E-state index < -0.39 is 0 Å². The van der Waals surface area contributed by atoms with Crippen molar-refractivity contribution in [1.29, 1.82) is 0 Å². The lowest BCUT2D eigenvalue weighted by Gasteiger charge is -2.30. The number of hydrogen-bond acceptors (Lipinski definition) is 3. The Morgan fingerprint density at radius 2 is 2.00 bits per heavy atom. The Morgan fingerprint density at radius 1 is 1.10 bits per heavy atom. The van der Waals surface area contributed by atoms with Crippen molar-refractivity contribution < 1.29 is 4.74 Å². The van der Waals surface area contributed by atoms with Gasteiger partial charge in [-0.2, -0.15) is 0 Å². The summed E-state index contributed by atoms with van der Waals surface area (Å²) in [5.41, 5.74) is 9.16. The van der Waals surface area contributed by atoms with Gasteiger partial charge in [-0.1, -0.05) is 36.4 Å². The van der Waals surface area contributed by atoms with Crippen molar-refractivity contribution in [1.82, 2.24) is 0 Å². The molecule has 2 atom stereocenters. The standard InChI is InChI=1S/C18H17NOS/c19-17(15-6-3-4-12-9-11-21-18(12)15)14-8-10-20-16-7-2-1-5-13(14)16/h1-7,9,11,14,17H,8,10,19H2. The maximum atomic E-state index is 6.66. The molecule has 0 saturated carbocycles. The van der Waals surface area contributed by atoms with Gasteiger partial charge in [0.15, 0.2) is 0 Å². The van der Waals surface area contributed by atoms with Gasteiger partial charge in [0.05, 0.1) is 6.61 Å². The zero-order valence-corrected chi connectivity index (χ0v) is 12.5. The molecule has 2 aromatic carbocycles. The summed E-state index contributed by atoms with van der Waals surface area (Å²) in [6, 6.07) is 16.9. The first-order valence-electron chi connectivity index (χ1n) is 7.28.